The number of hydrogen-bond donors (Lipinski definition) is 3. The number of benzene rings is 2. The lowest BCUT2D eigenvalue weighted by Crippen LogP contribution is -2.50. The first-order valence-electron chi connectivity index (χ1n) is 12.3. The van der Waals surface area contributed by atoms with Gasteiger partial charge in [0, 0.05) is 51.0 Å². The van der Waals surface area contributed by atoms with E-state index in [0.717, 1.165) is 51.3 Å². The number of urea groups is 1. The smallest absolute Gasteiger partial charge is 0.321 e. The van der Waals surface area contributed by atoms with E-state index in [1.165, 1.54) is 13.2 Å². The molecule has 0 aliphatic carbocycles. The van der Waals surface area contributed by atoms with Crippen molar-refractivity contribution in [2.24, 2.45) is 5.92 Å². The zero-order valence-corrected chi connectivity index (χ0v) is 21.3. The first kappa shape index (κ1) is 26.1. The summed E-state index contributed by atoms with van der Waals surface area (Å²) in [4.78, 5) is 29.6. The predicted molar refractivity (Wildman–Crippen MR) is 141 cm³/mol. The quantitative estimate of drug-likeness (QED) is 0.488. The molecule has 2 heterocycles. The molecule has 2 aromatic carbocycles. The van der Waals surface area contributed by atoms with Crippen LogP contribution in [0.4, 0.5) is 16.2 Å². The number of amides is 3. The molecule has 2 fully saturated rings. The van der Waals surface area contributed by atoms with Gasteiger partial charge in [0.15, 0.2) is 0 Å². The van der Waals surface area contributed by atoms with Crippen LogP contribution in [-0.4, -0.2) is 80.8 Å². The number of ether oxygens (including phenoxy) is 2. The molecule has 4 N–H and O–H groups in total. The Kier molecular flexibility index (Phi) is 8.90. The Hall–Kier alpha value is -3.01. The second-order valence-corrected chi connectivity index (χ2v) is 9.67. The average Bonchev–Trinajstić information content (AvgIpc) is 2.90. The van der Waals surface area contributed by atoms with Gasteiger partial charge in [-0.25, -0.2) is 4.79 Å². The second kappa shape index (κ2) is 12.3. The molecule has 0 bridgehead atoms. The molecule has 2 aliphatic rings. The summed E-state index contributed by atoms with van der Waals surface area (Å²) in [6.07, 6.45) is 1.84. The molecule has 0 spiro atoms. The molecule has 36 heavy (non-hydrogen) atoms. The van der Waals surface area contributed by atoms with Crippen molar-refractivity contribution in [3.05, 3.63) is 53.1 Å². The Labute approximate surface area is 216 Å². The number of morpholine rings is 1. The molecule has 1 unspecified atom stereocenters. The fourth-order valence-corrected chi connectivity index (χ4v) is 4.86. The van der Waals surface area contributed by atoms with Crippen molar-refractivity contribution >= 4 is 34.9 Å². The molecular formula is C26H34ClN5O4. The summed E-state index contributed by atoms with van der Waals surface area (Å²) in [7, 11) is 1.49. The molecule has 4 rings (SSSR count). The summed E-state index contributed by atoms with van der Waals surface area (Å²) < 4.78 is 11.2. The summed E-state index contributed by atoms with van der Waals surface area (Å²) in [6, 6.07) is 12.6. The van der Waals surface area contributed by atoms with E-state index in [0.29, 0.717) is 41.1 Å². The molecule has 9 nitrogen and oxygen atoms in total. The highest BCUT2D eigenvalue weighted by Crippen LogP contribution is 2.29. The Morgan fingerprint density at radius 3 is 2.64 bits per heavy atom. The molecule has 0 aromatic heterocycles. The molecule has 0 radical (unpaired) electrons. The number of nitrogens with one attached hydrogen (secondary N) is 2. The van der Waals surface area contributed by atoms with Gasteiger partial charge in [0.25, 0.3) is 5.91 Å². The lowest BCUT2D eigenvalue weighted by Gasteiger charge is -2.38. The van der Waals surface area contributed by atoms with Gasteiger partial charge in [0.1, 0.15) is 5.75 Å². The highest BCUT2D eigenvalue weighted by molar-refractivity contribution is 6.33. The number of nitrogens with two attached hydrogens (primary N) is 1. The highest BCUT2D eigenvalue weighted by atomic mass is 35.5. The number of methoxy groups -OCH3 is 1. The normalized spacial score (nSPS) is 19.1. The van der Waals surface area contributed by atoms with E-state index in [1.54, 1.807) is 6.07 Å². The maximum Gasteiger partial charge on any atom is 0.321 e. The number of halogens is 1. The number of carbonyl (C=O) groups excluding carboxylic acids is 2. The largest absolute Gasteiger partial charge is 0.496 e. The van der Waals surface area contributed by atoms with Crippen molar-refractivity contribution in [3.63, 3.8) is 0 Å². The van der Waals surface area contributed by atoms with E-state index in [4.69, 9.17) is 26.8 Å². The van der Waals surface area contributed by atoms with Crippen LogP contribution in [0.2, 0.25) is 5.02 Å². The van der Waals surface area contributed by atoms with Gasteiger partial charge < -0.3 is 30.7 Å². The first-order valence-corrected chi connectivity index (χ1v) is 12.7. The summed E-state index contributed by atoms with van der Waals surface area (Å²) in [5.41, 5.74) is 7.32. The van der Waals surface area contributed by atoms with Crippen LogP contribution in [0.5, 0.6) is 5.75 Å². The fraction of sp³-hybridized carbons (Fsp3) is 0.462. The number of hydrogen-bond acceptors (Lipinski definition) is 6. The second-order valence-electron chi connectivity index (χ2n) is 9.26. The van der Waals surface area contributed by atoms with Crippen molar-refractivity contribution in [3.8, 4) is 5.75 Å². The molecule has 194 valence electrons. The van der Waals surface area contributed by atoms with E-state index in [1.807, 2.05) is 35.2 Å². The zero-order valence-electron chi connectivity index (χ0n) is 20.5. The minimum atomic E-state index is -0.282. The maximum absolute atomic E-state index is 12.7. The van der Waals surface area contributed by atoms with Crippen LogP contribution in [0, 0.1) is 5.92 Å². The number of nitrogens with zero attached hydrogens (tertiary/aromatic N) is 2. The van der Waals surface area contributed by atoms with Crippen LogP contribution >= 0.6 is 11.6 Å². The standard InChI is InChI=1S/C26H34ClN5O4/c1-35-24-14-23(28)22(27)13-21(24)25(33)29-15-20-17-31(11-12-36-20)16-18-7-9-32(10-8-18)26(34)30-19-5-3-2-4-6-19/h2-6,13-14,18,20H,7-12,15-17,28H2,1H3,(H,29,33)(H,30,34). The van der Waals surface area contributed by atoms with Crippen LogP contribution in [0.3, 0.4) is 0 Å². The minimum absolute atomic E-state index is 0.0409. The molecular weight excluding hydrogens is 482 g/mol. The Morgan fingerprint density at radius 2 is 1.92 bits per heavy atom. The van der Waals surface area contributed by atoms with Gasteiger partial charge in [0.05, 0.1) is 36.1 Å². The van der Waals surface area contributed by atoms with Crippen LogP contribution < -0.4 is 21.1 Å². The van der Waals surface area contributed by atoms with Gasteiger partial charge in [-0.1, -0.05) is 29.8 Å². The topological polar surface area (TPSA) is 109 Å². The lowest BCUT2D eigenvalue weighted by molar-refractivity contribution is -0.0330. The molecule has 2 aromatic rings. The van der Waals surface area contributed by atoms with E-state index in [2.05, 4.69) is 15.5 Å². The number of rotatable bonds is 7. The number of para-hydroxylation sites is 1. The third-order valence-electron chi connectivity index (χ3n) is 6.72. The van der Waals surface area contributed by atoms with Gasteiger partial charge >= 0.3 is 6.03 Å². The van der Waals surface area contributed by atoms with Crippen molar-refractivity contribution in [1.82, 2.24) is 15.1 Å². The van der Waals surface area contributed by atoms with Crippen molar-refractivity contribution in [1.29, 1.82) is 0 Å². The number of likely N-dealkylation sites (tertiary alicyclic amines) is 1. The molecule has 10 heteroatoms. The van der Waals surface area contributed by atoms with E-state index < -0.39 is 0 Å². The van der Waals surface area contributed by atoms with E-state index >= 15 is 0 Å². The van der Waals surface area contributed by atoms with Gasteiger partial charge in [0.2, 0.25) is 0 Å². The monoisotopic (exact) mass is 515 g/mol. The molecule has 0 saturated carbocycles. The number of piperidine rings is 1. The van der Waals surface area contributed by atoms with Crippen LogP contribution in [0.15, 0.2) is 42.5 Å². The summed E-state index contributed by atoms with van der Waals surface area (Å²) in [5, 5.41) is 6.21. The summed E-state index contributed by atoms with van der Waals surface area (Å²) >= 11 is 6.09. The molecule has 2 aliphatic heterocycles. The van der Waals surface area contributed by atoms with Gasteiger partial charge in [-0.2, -0.15) is 0 Å². The first-order chi connectivity index (χ1) is 17.4. The molecule has 1 atom stereocenters. The maximum atomic E-state index is 12.7. The fourth-order valence-electron chi connectivity index (χ4n) is 4.69. The van der Waals surface area contributed by atoms with Crippen LogP contribution in [-0.2, 0) is 4.74 Å². The van der Waals surface area contributed by atoms with Crippen molar-refractivity contribution < 1.29 is 19.1 Å². The van der Waals surface area contributed by atoms with Gasteiger partial charge in [-0.15, -0.1) is 0 Å². The number of carbonyl (C=O) groups is 2. The van der Waals surface area contributed by atoms with Crippen molar-refractivity contribution in [2.75, 3.05) is 64.0 Å². The zero-order chi connectivity index (χ0) is 25.5. The van der Waals surface area contributed by atoms with Crippen molar-refractivity contribution in [2.45, 2.75) is 18.9 Å². The predicted octanol–water partition coefficient (Wildman–Crippen LogP) is 3.31. The highest BCUT2D eigenvalue weighted by Gasteiger charge is 2.27. The average molecular weight is 516 g/mol. The van der Waals surface area contributed by atoms with E-state index in [-0.39, 0.29) is 18.0 Å². The summed E-state index contributed by atoms with van der Waals surface area (Å²) in [6.45, 7) is 5.07. The van der Waals surface area contributed by atoms with Gasteiger partial charge in [-0.3, -0.25) is 9.69 Å². The minimum Gasteiger partial charge on any atom is -0.496 e. The lowest BCUT2D eigenvalue weighted by atomic mass is 9.96. The SMILES string of the molecule is COc1cc(N)c(Cl)cc1C(=O)NCC1CN(CC2CCN(C(=O)Nc3ccccc3)CC2)CCO1. The third kappa shape index (κ3) is 6.81. The van der Waals surface area contributed by atoms with Crippen LogP contribution in [0.1, 0.15) is 23.2 Å². The van der Waals surface area contributed by atoms with Crippen LogP contribution in [0.25, 0.3) is 0 Å². The Morgan fingerprint density at radius 1 is 1.17 bits per heavy atom. The summed E-state index contributed by atoms with van der Waals surface area (Å²) in [5.74, 6) is 0.625. The Bertz CT molecular complexity index is 1050. The molecule has 2 saturated heterocycles. The third-order valence-corrected chi connectivity index (χ3v) is 7.05. The number of nitrogen functional groups attached to an aromatic ring is 1. The number of anilines is 2. The Balaban J connectivity index is 1.21. The van der Waals surface area contributed by atoms with Gasteiger partial charge in [-0.05, 0) is 37.0 Å². The molecule has 3 amide bonds. The van der Waals surface area contributed by atoms with E-state index in [9.17, 15) is 9.59 Å².